The van der Waals surface area contributed by atoms with Crippen molar-refractivity contribution < 1.29 is 0 Å². The van der Waals surface area contributed by atoms with E-state index in [1.807, 2.05) is 0 Å². The molecule has 1 aromatic heterocycles. The van der Waals surface area contributed by atoms with E-state index in [0.717, 1.165) is 21.2 Å². The van der Waals surface area contributed by atoms with Crippen molar-refractivity contribution in [3.05, 3.63) is 54.1 Å². The monoisotopic (exact) mass is 415 g/mol. The molecule has 20 heavy (non-hydrogen) atoms. The van der Waals surface area contributed by atoms with Gasteiger partial charge in [0.05, 0.1) is 3.79 Å². The first-order valence-electron chi connectivity index (χ1n) is 6.75. The summed E-state index contributed by atoms with van der Waals surface area (Å²) in [6.07, 6.45) is 1.02. The van der Waals surface area contributed by atoms with Crippen LogP contribution in [0.15, 0.2) is 32.5 Å². The summed E-state index contributed by atoms with van der Waals surface area (Å²) in [4.78, 5) is 1.36. The van der Waals surface area contributed by atoms with Crippen LogP contribution in [0.4, 0.5) is 0 Å². The van der Waals surface area contributed by atoms with Gasteiger partial charge in [-0.05, 0) is 81.4 Å². The van der Waals surface area contributed by atoms with Gasteiger partial charge in [0.1, 0.15) is 0 Å². The van der Waals surface area contributed by atoms with Crippen molar-refractivity contribution in [2.75, 3.05) is 6.54 Å². The van der Waals surface area contributed by atoms with Crippen LogP contribution in [-0.2, 0) is 6.42 Å². The second-order valence-corrected chi connectivity index (χ2v) is 8.26. The molecular weight excluding hydrogens is 398 g/mol. The van der Waals surface area contributed by atoms with Gasteiger partial charge in [-0.15, -0.1) is 11.3 Å². The summed E-state index contributed by atoms with van der Waals surface area (Å²) in [5.74, 6) is 0. The number of hydrogen-bond acceptors (Lipinski definition) is 2. The Balaban J connectivity index is 2.22. The molecule has 1 atom stereocenters. The SMILES string of the molecule is CCNC(Cc1ccc(C)c(C)c1)c1cc(Br)c(Br)s1. The Morgan fingerprint density at radius 2 is 1.90 bits per heavy atom. The van der Waals surface area contributed by atoms with E-state index >= 15 is 0 Å². The summed E-state index contributed by atoms with van der Waals surface area (Å²) < 4.78 is 2.30. The second-order valence-electron chi connectivity index (χ2n) is 5.00. The summed E-state index contributed by atoms with van der Waals surface area (Å²) in [5.41, 5.74) is 4.11. The average molecular weight is 417 g/mol. The van der Waals surface area contributed by atoms with Gasteiger partial charge >= 0.3 is 0 Å². The van der Waals surface area contributed by atoms with Gasteiger partial charge in [0.25, 0.3) is 0 Å². The molecule has 1 aromatic carbocycles. The first-order valence-corrected chi connectivity index (χ1v) is 9.15. The number of thiophene rings is 1. The van der Waals surface area contributed by atoms with Crippen LogP contribution in [0.3, 0.4) is 0 Å². The number of benzene rings is 1. The molecule has 108 valence electrons. The van der Waals surface area contributed by atoms with Crippen molar-refractivity contribution in [2.45, 2.75) is 33.2 Å². The van der Waals surface area contributed by atoms with Crippen molar-refractivity contribution in [3.8, 4) is 0 Å². The van der Waals surface area contributed by atoms with Crippen molar-refractivity contribution in [2.24, 2.45) is 0 Å². The fourth-order valence-corrected chi connectivity index (χ4v) is 4.39. The van der Waals surface area contributed by atoms with E-state index in [1.54, 1.807) is 11.3 Å². The summed E-state index contributed by atoms with van der Waals surface area (Å²) in [7, 11) is 0. The van der Waals surface area contributed by atoms with Gasteiger partial charge < -0.3 is 5.32 Å². The molecule has 0 saturated carbocycles. The van der Waals surface area contributed by atoms with Gasteiger partial charge in [-0.1, -0.05) is 25.1 Å². The minimum atomic E-state index is 0.370. The lowest BCUT2D eigenvalue weighted by molar-refractivity contribution is 0.558. The van der Waals surface area contributed by atoms with Gasteiger partial charge in [0, 0.05) is 15.4 Å². The van der Waals surface area contributed by atoms with Gasteiger partial charge in [-0.3, -0.25) is 0 Å². The molecule has 0 aliphatic carbocycles. The topological polar surface area (TPSA) is 12.0 Å². The molecule has 0 bridgehead atoms. The highest BCUT2D eigenvalue weighted by Gasteiger charge is 2.15. The maximum atomic E-state index is 3.59. The highest BCUT2D eigenvalue weighted by Crippen LogP contribution is 2.36. The molecule has 0 aliphatic heterocycles. The molecule has 0 fully saturated rings. The lowest BCUT2D eigenvalue weighted by Crippen LogP contribution is -2.22. The number of rotatable bonds is 5. The molecule has 1 N–H and O–H groups in total. The smallest absolute Gasteiger partial charge is 0.0843 e. The van der Waals surface area contributed by atoms with Crippen LogP contribution < -0.4 is 5.32 Å². The quantitative estimate of drug-likeness (QED) is 0.650. The zero-order valence-corrected chi connectivity index (χ0v) is 16.0. The van der Waals surface area contributed by atoms with E-state index in [1.165, 1.54) is 21.6 Å². The minimum Gasteiger partial charge on any atom is -0.309 e. The van der Waals surface area contributed by atoms with Crippen LogP contribution in [0.5, 0.6) is 0 Å². The molecule has 0 aliphatic rings. The number of likely N-dealkylation sites (N-methyl/N-ethyl adjacent to an activating group) is 1. The third-order valence-corrected chi connectivity index (χ3v) is 6.84. The number of aryl methyl sites for hydroxylation is 2. The Kier molecular flexibility index (Phi) is 5.84. The molecule has 1 heterocycles. The lowest BCUT2D eigenvalue weighted by Gasteiger charge is -2.17. The van der Waals surface area contributed by atoms with Crippen LogP contribution in [0.2, 0.25) is 0 Å². The van der Waals surface area contributed by atoms with Gasteiger partial charge in [0.15, 0.2) is 0 Å². The normalized spacial score (nSPS) is 12.7. The van der Waals surface area contributed by atoms with Gasteiger partial charge in [-0.25, -0.2) is 0 Å². The summed E-state index contributed by atoms with van der Waals surface area (Å²) in [6, 6.07) is 9.34. The zero-order chi connectivity index (χ0) is 14.7. The third kappa shape index (κ3) is 3.94. The maximum absolute atomic E-state index is 3.59. The van der Waals surface area contributed by atoms with E-state index < -0.39 is 0 Å². The molecule has 1 unspecified atom stereocenters. The highest BCUT2D eigenvalue weighted by atomic mass is 79.9. The molecule has 0 saturated heterocycles. The van der Waals surface area contributed by atoms with E-state index in [4.69, 9.17) is 0 Å². The highest BCUT2D eigenvalue weighted by molar-refractivity contribution is 9.13. The van der Waals surface area contributed by atoms with Crippen molar-refractivity contribution >= 4 is 43.2 Å². The molecule has 2 aromatic rings. The fraction of sp³-hybridized carbons (Fsp3) is 0.375. The molecule has 0 spiro atoms. The van der Waals surface area contributed by atoms with Crippen LogP contribution in [-0.4, -0.2) is 6.54 Å². The minimum absolute atomic E-state index is 0.370. The van der Waals surface area contributed by atoms with Crippen LogP contribution in [0, 0.1) is 13.8 Å². The van der Waals surface area contributed by atoms with E-state index in [2.05, 4.69) is 82.2 Å². The molecule has 1 nitrogen and oxygen atoms in total. The molecule has 0 radical (unpaired) electrons. The van der Waals surface area contributed by atoms with Crippen molar-refractivity contribution in [1.29, 1.82) is 0 Å². The van der Waals surface area contributed by atoms with Crippen molar-refractivity contribution in [1.82, 2.24) is 5.32 Å². The standard InChI is InChI=1S/C16H19Br2NS/c1-4-19-14(15-9-13(17)16(18)20-15)8-12-6-5-10(2)11(3)7-12/h5-7,9,14,19H,4,8H2,1-3H3. The third-order valence-electron chi connectivity index (χ3n) is 3.47. The number of nitrogens with one attached hydrogen (secondary N) is 1. The Morgan fingerprint density at radius 3 is 2.45 bits per heavy atom. The molecule has 4 heteroatoms. The first kappa shape index (κ1) is 16.2. The number of hydrogen-bond donors (Lipinski definition) is 1. The molecule has 0 amide bonds. The molecule has 2 rings (SSSR count). The van der Waals surface area contributed by atoms with Crippen LogP contribution in [0.25, 0.3) is 0 Å². The summed E-state index contributed by atoms with van der Waals surface area (Å²) in [6.45, 7) is 7.47. The molecular formula is C16H19Br2NS. The average Bonchev–Trinajstić information content (AvgIpc) is 2.73. The van der Waals surface area contributed by atoms with E-state index in [-0.39, 0.29) is 0 Å². The Morgan fingerprint density at radius 1 is 1.15 bits per heavy atom. The predicted octanol–water partition coefficient (Wildman–Crippen LogP) is 5.78. The first-order chi connectivity index (χ1) is 9.51. The fourth-order valence-electron chi connectivity index (χ4n) is 2.22. The van der Waals surface area contributed by atoms with E-state index in [0.29, 0.717) is 6.04 Å². The second kappa shape index (κ2) is 7.21. The van der Waals surface area contributed by atoms with Crippen LogP contribution in [0.1, 0.15) is 34.5 Å². The zero-order valence-electron chi connectivity index (χ0n) is 12.0. The van der Waals surface area contributed by atoms with Gasteiger partial charge in [0.2, 0.25) is 0 Å². The Labute approximate surface area is 142 Å². The lowest BCUT2D eigenvalue weighted by atomic mass is 10.00. The van der Waals surface area contributed by atoms with Crippen LogP contribution >= 0.6 is 43.2 Å². The Bertz CT molecular complexity index is 573. The van der Waals surface area contributed by atoms with Gasteiger partial charge in [-0.2, -0.15) is 0 Å². The largest absolute Gasteiger partial charge is 0.309 e. The van der Waals surface area contributed by atoms with Crippen molar-refractivity contribution in [3.63, 3.8) is 0 Å². The predicted molar refractivity (Wildman–Crippen MR) is 95.8 cm³/mol. The number of halogens is 2. The van der Waals surface area contributed by atoms with E-state index in [9.17, 15) is 0 Å². The maximum Gasteiger partial charge on any atom is 0.0843 e. The summed E-state index contributed by atoms with van der Waals surface area (Å²) in [5, 5.41) is 3.59. The summed E-state index contributed by atoms with van der Waals surface area (Å²) >= 11 is 8.96. The Hall–Kier alpha value is -0.160.